The lowest BCUT2D eigenvalue weighted by atomic mass is 10.1. The van der Waals surface area contributed by atoms with E-state index in [4.69, 9.17) is 16.3 Å². The minimum absolute atomic E-state index is 0.229. The molecule has 5 nitrogen and oxygen atoms in total. The van der Waals surface area contributed by atoms with Crippen LogP contribution in [-0.4, -0.2) is 27.9 Å². The Morgan fingerprint density at radius 2 is 1.86 bits per heavy atom. The number of ketones is 1. The maximum atomic E-state index is 13.1. The van der Waals surface area contributed by atoms with Gasteiger partial charge in [0.05, 0.1) is 32.5 Å². The zero-order valence-electron chi connectivity index (χ0n) is 19.1. The maximum absolute atomic E-state index is 13.1. The van der Waals surface area contributed by atoms with Crippen molar-refractivity contribution in [3.8, 4) is 10.6 Å². The van der Waals surface area contributed by atoms with E-state index in [2.05, 4.69) is 15.6 Å². The number of nitrogens with zero attached hydrogens (tertiary/aromatic N) is 2. The van der Waals surface area contributed by atoms with E-state index in [-0.39, 0.29) is 12.4 Å². The first-order valence-corrected chi connectivity index (χ1v) is 13.0. The zero-order valence-corrected chi connectivity index (χ0v) is 21.5. The van der Waals surface area contributed by atoms with Crippen molar-refractivity contribution >= 4 is 56.9 Å². The number of carbonyl (C=O) groups is 2. The molecule has 35 heavy (non-hydrogen) atoms. The fourth-order valence-corrected chi connectivity index (χ4v) is 5.79. The summed E-state index contributed by atoms with van der Waals surface area (Å²) in [5.74, 6) is -0.791. The van der Waals surface area contributed by atoms with Crippen LogP contribution in [0.4, 0.5) is 0 Å². The molecule has 0 saturated heterocycles. The molecule has 0 unspecified atom stereocenters. The van der Waals surface area contributed by atoms with Gasteiger partial charge in [-0.15, -0.1) is 22.7 Å². The van der Waals surface area contributed by atoms with E-state index in [1.807, 2.05) is 61.7 Å². The quantitative estimate of drug-likeness (QED) is 0.168. The van der Waals surface area contributed by atoms with Crippen molar-refractivity contribution in [3.05, 3.63) is 97.8 Å². The number of ether oxygens (including phenoxy) is 1. The first-order chi connectivity index (χ1) is 16.9. The van der Waals surface area contributed by atoms with Crippen LogP contribution in [0.3, 0.4) is 0 Å². The molecule has 0 spiro atoms. The second kappa shape index (κ2) is 9.77. The van der Waals surface area contributed by atoms with Gasteiger partial charge < -0.3 is 9.30 Å². The van der Waals surface area contributed by atoms with Crippen molar-refractivity contribution < 1.29 is 14.3 Å². The number of pyridine rings is 1. The average Bonchev–Trinajstić information content (AvgIpc) is 3.60. The van der Waals surface area contributed by atoms with Crippen LogP contribution in [0.15, 0.2) is 66.0 Å². The van der Waals surface area contributed by atoms with E-state index in [0.717, 1.165) is 16.3 Å². The molecule has 5 aromatic rings. The third-order valence-electron chi connectivity index (χ3n) is 5.86. The lowest BCUT2D eigenvalue weighted by molar-refractivity contribution is 0.0476. The number of fused-ring (bicyclic) bond motifs is 1. The van der Waals surface area contributed by atoms with Crippen molar-refractivity contribution in [3.63, 3.8) is 0 Å². The SMILES string of the molecule is Cc1cc(C(=O)COC(=O)c2cc(-c3ccc(Cl)s3)nc3ccccc23)c(C)n1Cc1cccs1. The summed E-state index contributed by atoms with van der Waals surface area (Å²) in [6, 6.07) is 18.7. The van der Waals surface area contributed by atoms with Gasteiger partial charge in [-0.2, -0.15) is 0 Å². The third-order valence-corrected chi connectivity index (χ3v) is 7.98. The first kappa shape index (κ1) is 23.5. The fraction of sp³-hybridized carbons (Fsp3) is 0.148. The number of aryl methyl sites for hydroxylation is 1. The molecule has 0 atom stereocenters. The van der Waals surface area contributed by atoms with Crippen LogP contribution in [0.25, 0.3) is 21.5 Å². The molecule has 8 heteroatoms. The summed E-state index contributed by atoms with van der Waals surface area (Å²) in [5, 5.41) is 2.71. The van der Waals surface area contributed by atoms with Gasteiger partial charge >= 0.3 is 5.97 Å². The summed E-state index contributed by atoms with van der Waals surface area (Å²) in [7, 11) is 0. The second-order valence-electron chi connectivity index (χ2n) is 8.13. The Labute approximate surface area is 215 Å². The van der Waals surface area contributed by atoms with Crippen molar-refractivity contribution in [1.82, 2.24) is 9.55 Å². The monoisotopic (exact) mass is 520 g/mol. The lowest BCUT2D eigenvalue weighted by Gasteiger charge is -2.10. The van der Waals surface area contributed by atoms with Crippen molar-refractivity contribution in [1.29, 1.82) is 0 Å². The van der Waals surface area contributed by atoms with Gasteiger partial charge in [0.25, 0.3) is 0 Å². The van der Waals surface area contributed by atoms with Crippen LogP contribution in [0.2, 0.25) is 4.34 Å². The molecule has 0 aliphatic heterocycles. The van der Waals surface area contributed by atoms with Crippen LogP contribution in [0.1, 0.15) is 37.0 Å². The summed E-state index contributed by atoms with van der Waals surface area (Å²) in [4.78, 5) is 32.9. The number of halogens is 1. The van der Waals surface area contributed by atoms with E-state index in [0.29, 0.717) is 38.6 Å². The summed E-state index contributed by atoms with van der Waals surface area (Å²) in [6.45, 7) is 4.27. The van der Waals surface area contributed by atoms with E-state index >= 15 is 0 Å². The van der Waals surface area contributed by atoms with Crippen LogP contribution in [0.5, 0.6) is 0 Å². The van der Waals surface area contributed by atoms with Gasteiger partial charge in [0, 0.05) is 27.2 Å². The number of carbonyl (C=O) groups excluding carboxylic acids is 2. The molecule has 0 saturated carbocycles. The van der Waals surface area contributed by atoms with Crippen LogP contribution in [-0.2, 0) is 11.3 Å². The number of benzene rings is 1. The van der Waals surface area contributed by atoms with Crippen LogP contribution >= 0.6 is 34.3 Å². The van der Waals surface area contributed by atoms with Gasteiger partial charge in [-0.3, -0.25) is 4.79 Å². The molecule has 0 bridgehead atoms. The molecule has 4 aromatic heterocycles. The predicted molar refractivity (Wildman–Crippen MR) is 142 cm³/mol. The van der Waals surface area contributed by atoms with Crippen molar-refractivity contribution in [2.24, 2.45) is 0 Å². The minimum atomic E-state index is -0.562. The molecule has 0 N–H and O–H groups in total. The highest BCUT2D eigenvalue weighted by Gasteiger charge is 2.20. The zero-order chi connectivity index (χ0) is 24.5. The lowest BCUT2D eigenvalue weighted by Crippen LogP contribution is -2.15. The van der Waals surface area contributed by atoms with Gasteiger partial charge in [0.2, 0.25) is 5.78 Å². The molecule has 0 aliphatic carbocycles. The Morgan fingerprint density at radius 3 is 2.60 bits per heavy atom. The summed E-state index contributed by atoms with van der Waals surface area (Å²) in [6.07, 6.45) is 0. The average molecular weight is 521 g/mol. The molecule has 5 rings (SSSR count). The third kappa shape index (κ3) is 4.80. The topological polar surface area (TPSA) is 61.2 Å². The number of para-hydroxylation sites is 1. The summed E-state index contributed by atoms with van der Waals surface area (Å²) >= 11 is 9.17. The second-order valence-corrected chi connectivity index (χ2v) is 10.9. The highest BCUT2D eigenvalue weighted by molar-refractivity contribution is 7.19. The van der Waals surface area contributed by atoms with Crippen LogP contribution < -0.4 is 0 Å². The van der Waals surface area contributed by atoms with Gasteiger partial charge in [0.1, 0.15) is 0 Å². The first-order valence-electron chi connectivity index (χ1n) is 11.0. The molecule has 0 radical (unpaired) electrons. The van der Waals surface area contributed by atoms with Crippen LogP contribution in [0, 0.1) is 13.8 Å². The number of thiophene rings is 2. The highest BCUT2D eigenvalue weighted by Crippen LogP contribution is 2.32. The van der Waals surface area contributed by atoms with Gasteiger partial charge in [-0.25, -0.2) is 9.78 Å². The molecule has 0 fully saturated rings. The van der Waals surface area contributed by atoms with Gasteiger partial charge in [-0.1, -0.05) is 35.9 Å². The molecule has 0 amide bonds. The smallest absolute Gasteiger partial charge is 0.339 e. The van der Waals surface area contributed by atoms with E-state index in [9.17, 15) is 9.59 Å². The largest absolute Gasteiger partial charge is 0.454 e. The Balaban J connectivity index is 1.38. The minimum Gasteiger partial charge on any atom is -0.454 e. The Bertz CT molecular complexity index is 1550. The van der Waals surface area contributed by atoms with E-state index in [1.54, 1.807) is 23.5 Å². The van der Waals surface area contributed by atoms with Crippen molar-refractivity contribution in [2.45, 2.75) is 20.4 Å². The Hall–Kier alpha value is -3.26. The highest BCUT2D eigenvalue weighted by atomic mass is 35.5. The Kier molecular flexibility index (Phi) is 6.56. The fourth-order valence-electron chi connectivity index (χ4n) is 4.09. The summed E-state index contributed by atoms with van der Waals surface area (Å²) < 4.78 is 8.26. The van der Waals surface area contributed by atoms with E-state index < -0.39 is 5.97 Å². The molecule has 1 aromatic carbocycles. The van der Waals surface area contributed by atoms with Crippen molar-refractivity contribution in [2.75, 3.05) is 6.61 Å². The normalized spacial score (nSPS) is 11.2. The number of hydrogen-bond donors (Lipinski definition) is 0. The Morgan fingerprint density at radius 1 is 1.03 bits per heavy atom. The number of esters is 1. The standard InChI is InChI=1S/C27H21ClN2O3S2/c1-16-12-20(17(2)30(16)14-18-6-5-11-34-18)24(31)15-33-27(32)21-13-23(25-9-10-26(28)35-25)29-22-8-4-3-7-19(21)22/h3-13H,14-15H2,1-2H3. The molecule has 0 aliphatic rings. The van der Waals surface area contributed by atoms with E-state index in [1.165, 1.54) is 16.2 Å². The maximum Gasteiger partial charge on any atom is 0.339 e. The molecular weight excluding hydrogens is 500 g/mol. The summed E-state index contributed by atoms with van der Waals surface area (Å²) in [5.41, 5.74) is 4.10. The predicted octanol–water partition coefficient (Wildman–Crippen LogP) is 7.18. The molecular formula is C27H21ClN2O3S2. The van der Waals surface area contributed by atoms with Gasteiger partial charge in [0.15, 0.2) is 6.61 Å². The molecule has 176 valence electrons. The molecule has 4 heterocycles. The number of Topliss-reactive ketones (excluding diaryl/α,β-unsaturated/α-hetero) is 1. The number of hydrogen-bond acceptors (Lipinski definition) is 6. The number of rotatable bonds is 7. The number of aromatic nitrogens is 2. The van der Waals surface area contributed by atoms with Gasteiger partial charge in [-0.05, 0) is 55.6 Å².